The van der Waals surface area contributed by atoms with Gasteiger partial charge < -0.3 is 19.5 Å². The van der Waals surface area contributed by atoms with Gasteiger partial charge in [-0.25, -0.2) is 4.98 Å². The third kappa shape index (κ3) is 4.44. The van der Waals surface area contributed by atoms with Crippen molar-refractivity contribution in [3.8, 4) is 5.82 Å². The normalized spacial score (nSPS) is 18.1. The smallest absolute Gasteiger partial charge is 0.305 e. The monoisotopic (exact) mass is 435 g/mol. The zero-order valence-corrected chi connectivity index (χ0v) is 18.4. The first-order chi connectivity index (χ1) is 15.1. The van der Waals surface area contributed by atoms with E-state index < -0.39 is 0 Å². The number of esters is 1. The number of aromatic nitrogens is 3. The molecule has 4 rings (SSSR count). The van der Waals surface area contributed by atoms with E-state index in [0.717, 1.165) is 22.8 Å². The Labute approximate surface area is 187 Å². The predicted molar refractivity (Wildman–Crippen MR) is 122 cm³/mol. The molecule has 0 spiro atoms. The molecule has 0 saturated carbocycles. The Morgan fingerprint density at radius 2 is 2.06 bits per heavy atom. The van der Waals surface area contributed by atoms with E-state index in [1.54, 1.807) is 6.20 Å². The highest BCUT2D eigenvalue weighted by molar-refractivity contribution is 7.80. The maximum atomic E-state index is 11.6. The zero-order chi connectivity index (χ0) is 21.8. The number of hydrogen-bond donors (Lipinski definition) is 1. The van der Waals surface area contributed by atoms with Crippen molar-refractivity contribution < 1.29 is 9.53 Å². The van der Waals surface area contributed by atoms with Gasteiger partial charge in [-0.15, -0.1) is 0 Å². The number of nitrogens with one attached hydrogen (secondary N) is 1. The van der Waals surface area contributed by atoms with Gasteiger partial charge in [0.05, 0.1) is 24.9 Å². The molecular weight excluding hydrogens is 410 g/mol. The lowest BCUT2D eigenvalue weighted by Crippen LogP contribution is -2.31. The first-order valence-electron chi connectivity index (χ1n) is 10.2. The molecule has 0 bridgehead atoms. The quantitative estimate of drug-likeness (QED) is 0.450. The van der Waals surface area contributed by atoms with Crippen molar-refractivity contribution in [3.05, 3.63) is 78.0 Å². The van der Waals surface area contributed by atoms with Gasteiger partial charge in [-0.05, 0) is 61.5 Å². The van der Waals surface area contributed by atoms with Crippen LogP contribution in [0, 0.1) is 6.92 Å². The minimum atomic E-state index is -0.219. The summed E-state index contributed by atoms with van der Waals surface area (Å²) in [6, 6.07) is 13.8. The Kier molecular flexibility index (Phi) is 6.27. The van der Waals surface area contributed by atoms with Gasteiger partial charge in [-0.1, -0.05) is 12.1 Å². The van der Waals surface area contributed by atoms with E-state index in [1.165, 1.54) is 7.11 Å². The van der Waals surface area contributed by atoms with Gasteiger partial charge in [-0.2, -0.15) is 0 Å². The average molecular weight is 436 g/mol. The molecule has 1 aliphatic rings. The predicted octanol–water partition coefficient (Wildman–Crippen LogP) is 3.50. The largest absolute Gasteiger partial charge is 0.469 e. The fourth-order valence-corrected chi connectivity index (χ4v) is 4.24. The summed E-state index contributed by atoms with van der Waals surface area (Å²) in [4.78, 5) is 22.9. The fourth-order valence-electron chi connectivity index (χ4n) is 3.91. The molecule has 0 unspecified atom stereocenters. The van der Waals surface area contributed by atoms with Crippen LogP contribution in [-0.4, -0.2) is 44.2 Å². The lowest BCUT2D eigenvalue weighted by Gasteiger charge is -2.28. The van der Waals surface area contributed by atoms with Gasteiger partial charge in [-0.3, -0.25) is 9.78 Å². The van der Waals surface area contributed by atoms with E-state index in [4.69, 9.17) is 17.0 Å². The molecule has 0 radical (unpaired) electrons. The fraction of sp³-hybridized carbons (Fsp3) is 0.304. The summed E-state index contributed by atoms with van der Waals surface area (Å²) >= 11 is 5.70. The van der Waals surface area contributed by atoms with Crippen molar-refractivity contribution in [3.63, 3.8) is 0 Å². The van der Waals surface area contributed by atoms with Crippen LogP contribution in [0.25, 0.3) is 5.82 Å². The SMILES string of the molecule is COC(=O)CCCN1C(=S)N[C@@H](c2ccccn2)[C@@H]1c1cccn1-c1ccc(C)cn1. The first-order valence-corrected chi connectivity index (χ1v) is 10.6. The second kappa shape index (κ2) is 9.26. The van der Waals surface area contributed by atoms with Gasteiger partial charge in [0.2, 0.25) is 0 Å². The Morgan fingerprint density at radius 3 is 2.77 bits per heavy atom. The molecule has 31 heavy (non-hydrogen) atoms. The van der Waals surface area contributed by atoms with E-state index >= 15 is 0 Å². The highest BCUT2D eigenvalue weighted by Crippen LogP contribution is 2.39. The molecule has 3 aromatic heterocycles. The lowest BCUT2D eigenvalue weighted by atomic mass is 10.0. The summed E-state index contributed by atoms with van der Waals surface area (Å²) in [7, 11) is 1.41. The van der Waals surface area contributed by atoms with Crippen molar-refractivity contribution in [2.24, 2.45) is 0 Å². The van der Waals surface area contributed by atoms with Crippen LogP contribution in [0.3, 0.4) is 0 Å². The molecule has 1 N–H and O–H groups in total. The molecule has 2 atom stereocenters. The molecular formula is C23H25N5O2S. The standard InChI is InChI=1S/C23H25N5O2S/c1-16-10-11-19(25-15-16)27-13-5-8-18(27)22-21(17-7-3-4-12-24-17)26-23(31)28(22)14-6-9-20(29)30-2/h3-5,7-8,10-13,15,21-22H,6,9,14H2,1-2H3,(H,26,31)/t21-,22-/m0/s1. The zero-order valence-electron chi connectivity index (χ0n) is 17.6. The number of rotatable bonds is 7. The average Bonchev–Trinajstić information content (AvgIpc) is 3.39. The van der Waals surface area contributed by atoms with Crippen LogP contribution < -0.4 is 5.32 Å². The molecule has 7 nitrogen and oxygen atoms in total. The second-order valence-electron chi connectivity index (χ2n) is 7.50. The summed E-state index contributed by atoms with van der Waals surface area (Å²) in [5.74, 6) is 0.626. The highest BCUT2D eigenvalue weighted by Gasteiger charge is 2.41. The Morgan fingerprint density at radius 1 is 1.19 bits per heavy atom. The number of carbonyl (C=O) groups excluding carboxylic acids is 1. The maximum absolute atomic E-state index is 11.6. The molecule has 3 aromatic rings. The molecule has 0 aromatic carbocycles. The number of pyridine rings is 2. The Balaban J connectivity index is 1.70. The van der Waals surface area contributed by atoms with Crippen LogP contribution in [0.2, 0.25) is 0 Å². The van der Waals surface area contributed by atoms with Crippen LogP contribution in [0.4, 0.5) is 0 Å². The van der Waals surface area contributed by atoms with Gasteiger partial charge >= 0.3 is 5.97 Å². The number of carbonyl (C=O) groups is 1. The molecule has 1 fully saturated rings. The molecule has 1 saturated heterocycles. The van der Waals surface area contributed by atoms with Crippen LogP contribution in [0.5, 0.6) is 0 Å². The minimum absolute atomic E-state index is 0.0989. The van der Waals surface area contributed by atoms with E-state index in [-0.39, 0.29) is 18.1 Å². The molecule has 8 heteroatoms. The van der Waals surface area contributed by atoms with Gasteiger partial charge in [0, 0.05) is 37.3 Å². The van der Waals surface area contributed by atoms with Crippen LogP contribution in [0.15, 0.2) is 61.1 Å². The second-order valence-corrected chi connectivity index (χ2v) is 7.88. The Bertz CT molecular complexity index is 1050. The van der Waals surface area contributed by atoms with Crippen molar-refractivity contribution in [2.75, 3.05) is 13.7 Å². The van der Waals surface area contributed by atoms with Crippen LogP contribution >= 0.6 is 12.2 Å². The van der Waals surface area contributed by atoms with Crippen LogP contribution in [0.1, 0.15) is 41.9 Å². The Hall–Kier alpha value is -3.26. The van der Waals surface area contributed by atoms with E-state index in [1.807, 2.05) is 55.7 Å². The number of hydrogen-bond acceptors (Lipinski definition) is 5. The number of aryl methyl sites for hydroxylation is 1. The van der Waals surface area contributed by atoms with Gasteiger partial charge in [0.1, 0.15) is 5.82 Å². The molecule has 4 heterocycles. The molecule has 0 amide bonds. The number of thiocarbonyl (C=S) groups is 1. The molecule has 160 valence electrons. The summed E-state index contributed by atoms with van der Waals surface area (Å²) in [6.45, 7) is 2.65. The summed E-state index contributed by atoms with van der Waals surface area (Å²) in [5, 5.41) is 4.09. The van der Waals surface area contributed by atoms with Crippen molar-refractivity contribution in [2.45, 2.75) is 31.8 Å². The number of nitrogens with zero attached hydrogens (tertiary/aromatic N) is 4. The van der Waals surface area contributed by atoms with E-state index in [0.29, 0.717) is 24.5 Å². The third-order valence-corrected chi connectivity index (χ3v) is 5.78. The molecule has 0 aliphatic carbocycles. The number of methoxy groups -OCH3 is 1. The van der Waals surface area contributed by atoms with Gasteiger partial charge in [0.15, 0.2) is 5.11 Å². The minimum Gasteiger partial charge on any atom is -0.469 e. The first kappa shape index (κ1) is 21.0. The highest BCUT2D eigenvalue weighted by atomic mass is 32.1. The van der Waals surface area contributed by atoms with Crippen LogP contribution in [-0.2, 0) is 9.53 Å². The lowest BCUT2D eigenvalue weighted by molar-refractivity contribution is -0.140. The van der Waals surface area contributed by atoms with Crippen molar-refractivity contribution in [1.29, 1.82) is 0 Å². The van der Waals surface area contributed by atoms with Gasteiger partial charge in [0.25, 0.3) is 0 Å². The van der Waals surface area contributed by atoms with Crippen molar-refractivity contribution >= 4 is 23.3 Å². The van der Waals surface area contributed by atoms with Crippen molar-refractivity contribution in [1.82, 2.24) is 24.8 Å². The third-order valence-electron chi connectivity index (χ3n) is 5.43. The molecule has 1 aliphatic heterocycles. The summed E-state index contributed by atoms with van der Waals surface area (Å²) in [6.07, 6.45) is 6.65. The van der Waals surface area contributed by atoms with E-state index in [2.05, 4.69) is 30.8 Å². The summed E-state index contributed by atoms with van der Waals surface area (Å²) in [5.41, 5.74) is 3.07. The number of ether oxygens (including phenoxy) is 1. The maximum Gasteiger partial charge on any atom is 0.305 e. The summed E-state index contributed by atoms with van der Waals surface area (Å²) < 4.78 is 6.88. The topological polar surface area (TPSA) is 72.3 Å². The van der Waals surface area contributed by atoms with E-state index in [9.17, 15) is 4.79 Å².